The predicted octanol–water partition coefficient (Wildman–Crippen LogP) is 9.07. The van der Waals surface area contributed by atoms with E-state index in [1.165, 1.54) is 0 Å². The Morgan fingerprint density at radius 2 is 0.844 bits per heavy atom. The maximum absolute atomic E-state index is 7.21. The molecule has 0 bridgehead atoms. The van der Waals surface area contributed by atoms with Crippen molar-refractivity contribution >= 4 is 60.7 Å². The van der Waals surface area contributed by atoms with Crippen LogP contribution in [0.4, 0.5) is 0 Å². The second-order valence-electron chi connectivity index (χ2n) is 16.8. The summed E-state index contributed by atoms with van der Waals surface area (Å²) in [6.07, 6.45) is 2.86. The van der Waals surface area contributed by atoms with Crippen LogP contribution in [0, 0.1) is 0 Å². The molecule has 0 spiro atoms. The fourth-order valence-corrected chi connectivity index (χ4v) is 160. The molecule has 32 heavy (non-hydrogen) atoms. The molecule has 0 heterocycles. The normalized spacial score (nSPS) is 16.6. The molecule has 0 rings (SSSR count). The second kappa shape index (κ2) is 9.62. The van der Waals surface area contributed by atoms with Gasteiger partial charge in [-0.3, -0.25) is 0 Å². The summed E-state index contributed by atoms with van der Waals surface area (Å²) >= 11 is 0. The second-order valence-corrected chi connectivity index (χ2v) is 86.0. The first kappa shape index (κ1) is 33.3. The minimum atomic E-state index is -1.69. The Kier molecular flexibility index (Phi) is 10.0. The largest absolute Gasteiger partial charge is 0.552 e. The van der Waals surface area contributed by atoms with Crippen LogP contribution in [0.2, 0.25) is 123 Å². The van der Waals surface area contributed by atoms with E-state index in [4.69, 9.17) is 4.43 Å². The molecule has 0 fully saturated rings. The Morgan fingerprint density at radius 1 is 0.562 bits per heavy atom. The van der Waals surface area contributed by atoms with Gasteiger partial charge in [-0.1, -0.05) is 118 Å². The van der Waals surface area contributed by atoms with Crippen molar-refractivity contribution in [2.75, 3.05) is 0 Å². The molecule has 0 aromatic carbocycles. The van der Waals surface area contributed by atoms with Crippen LogP contribution >= 0.6 is 0 Å². The molecule has 0 aromatic rings. The first-order valence-electron chi connectivity index (χ1n) is 12.7. The van der Waals surface area contributed by atoms with Gasteiger partial charge in [0.2, 0.25) is 8.32 Å². The van der Waals surface area contributed by atoms with Gasteiger partial charge in [0.15, 0.2) is 0 Å². The Bertz CT molecular complexity index is 622. The van der Waals surface area contributed by atoms with Gasteiger partial charge in [0, 0.05) is 50.0 Å². The third-order valence-electron chi connectivity index (χ3n) is 7.00. The summed E-state index contributed by atoms with van der Waals surface area (Å²) in [6.45, 7) is 51.5. The molecule has 0 unspecified atom stereocenters. The van der Waals surface area contributed by atoms with Crippen LogP contribution in [0.5, 0.6) is 0 Å². The van der Waals surface area contributed by atoms with Crippen LogP contribution in [-0.2, 0) is 4.43 Å². The van der Waals surface area contributed by atoms with Crippen molar-refractivity contribution in [3.8, 4) is 0 Å². The topological polar surface area (TPSA) is 9.23 Å². The molecule has 0 amide bonds. The summed E-state index contributed by atoms with van der Waals surface area (Å²) < 4.78 is 7.21. The molecule has 0 atom stereocenters. The van der Waals surface area contributed by atoms with Crippen molar-refractivity contribution in [2.45, 2.75) is 137 Å². The Morgan fingerprint density at radius 3 is 1.03 bits per heavy atom. The third-order valence-corrected chi connectivity index (χ3v) is 111. The highest BCUT2D eigenvalue weighted by Crippen LogP contribution is 2.54. The number of hydrogen-bond acceptors (Lipinski definition) is 1. The lowest BCUT2D eigenvalue weighted by atomic mass is 10.2. The summed E-state index contributed by atoms with van der Waals surface area (Å²) in [6, 6.07) is 0. The van der Waals surface area contributed by atoms with Crippen molar-refractivity contribution in [3.63, 3.8) is 0 Å². The van der Waals surface area contributed by atoms with Gasteiger partial charge in [-0.2, -0.15) is 0 Å². The van der Waals surface area contributed by atoms with Gasteiger partial charge in [-0.05, 0) is 24.7 Å². The zero-order chi connectivity index (χ0) is 26.6. The first-order chi connectivity index (χ1) is 13.4. The fourth-order valence-electron chi connectivity index (χ4n) is 9.06. The summed E-state index contributed by atoms with van der Waals surface area (Å²) in [5, 5.41) is 1.85. The maximum Gasteiger partial charge on any atom is 0.241 e. The van der Waals surface area contributed by atoms with Crippen molar-refractivity contribution in [2.24, 2.45) is 0 Å². The molecule has 9 heteroatoms. The molecule has 191 valence electrons. The van der Waals surface area contributed by atoms with E-state index in [2.05, 4.69) is 138 Å². The Labute approximate surface area is 212 Å². The van der Waals surface area contributed by atoms with E-state index in [-0.39, 0.29) is 0 Å². The van der Waals surface area contributed by atoms with Crippen LogP contribution in [0.3, 0.4) is 0 Å². The van der Waals surface area contributed by atoms with Crippen molar-refractivity contribution in [3.05, 3.63) is 11.5 Å². The van der Waals surface area contributed by atoms with Gasteiger partial charge >= 0.3 is 0 Å². The molecule has 1 nitrogen and oxygen atoms in total. The van der Waals surface area contributed by atoms with Gasteiger partial charge in [0.05, 0.1) is 0 Å². The molecule has 0 aromatic heterocycles. The lowest BCUT2D eigenvalue weighted by molar-refractivity contribution is 0.452. The summed E-state index contributed by atoms with van der Waals surface area (Å²) in [5.41, 5.74) is 0. The molecule has 0 aliphatic rings. The van der Waals surface area contributed by atoms with Crippen LogP contribution in [0.25, 0.3) is 0 Å². The first-order valence-corrected chi connectivity index (χ1v) is 42.1. The molecule has 0 aliphatic carbocycles. The molecule has 1 radical (unpaired) electrons. The summed E-state index contributed by atoms with van der Waals surface area (Å²) in [4.78, 5) is 0. The molecular formula is C23H61OSi8. The van der Waals surface area contributed by atoms with Crippen LogP contribution < -0.4 is 0 Å². The molecule has 0 saturated heterocycles. The van der Waals surface area contributed by atoms with E-state index in [0.717, 1.165) is 0 Å². The highest BCUT2D eigenvalue weighted by molar-refractivity contribution is 7.90. The SMILES string of the molecule is CC(C)(/C=C(\O[Si](C)(C)C)[Si]([Si](C)(C)C)[Si](C)(C)C)[Si]([Si](C)(C)C)([Si](C)(C)C)[Si](C)(C)C. The van der Waals surface area contributed by atoms with Crippen molar-refractivity contribution in [1.82, 2.24) is 0 Å². The average Bonchev–Trinajstić information content (AvgIpc) is 2.23. The Balaban J connectivity index is 7.59. The van der Waals surface area contributed by atoms with E-state index in [0.29, 0.717) is 5.04 Å². The number of allylic oxidation sites excluding steroid dienone is 1. The highest BCUT2D eigenvalue weighted by atomic mass is 29.9. The minimum Gasteiger partial charge on any atom is -0.552 e. The fraction of sp³-hybridized carbons (Fsp3) is 0.913. The average molecular weight is 578 g/mol. The van der Waals surface area contributed by atoms with Crippen LogP contribution in [-0.4, -0.2) is 60.7 Å². The van der Waals surface area contributed by atoms with E-state index >= 15 is 0 Å². The van der Waals surface area contributed by atoms with Gasteiger partial charge in [0.1, 0.15) is 7.83 Å². The van der Waals surface area contributed by atoms with E-state index in [1.807, 2.05) is 0 Å². The molecule has 0 aliphatic heterocycles. The standard InChI is InChI=1S/C23H61OSi8/c1-23(2,32(29(12,13)14,30(15,16)17)31(18,19)20)21-22(24-26(3,4)5)25(27(6,7)8)28(9,10)11/h21H,1-20H3/b22-21+. The van der Waals surface area contributed by atoms with Gasteiger partial charge in [-0.15, -0.1) is 0 Å². The minimum absolute atomic E-state index is 0.302. The predicted molar refractivity (Wildman–Crippen MR) is 175 cm³/mol. The maximum atomic E-state index is 7.21. The van der Waals surface area contributed by atoms with Crippen molar-refractivity contribution < 1.29 is 4.43 Å². The summed E-state index contributed by atoms with van der Waals surface area (Å²) in [7, 11) is -9.18. The number of hydrogen-bond donors (Lipinski definition) is 0. The van der Waals surface area contributed by atoms with Crippen LogP contribution in [0.15, 0.2) is 11.5 Å². The lowest BCUT2D eigenvalue weighted by Crippen LogP contribution is -2.86. The summed E-state index contributed by atoms with van der Waals surface area (Å²) in [5.74, 6) is 0. The zero-order valence-corrected chi connectivity index (χ0v) is 34.0. The zero-order valence-electron chi connectivity index (χ0n) is 26.0. The van der Waals surface area contributed by atoms with E-state index < -0.39 is 60.7 Å². The number of rotatable bonds is 10. The van der Waals surface area contributed by atoms with Gasteiger partial charge in [-0.25, -0.2) is 0 Å². The highest BCUT2D eigenvalue weighted by Gasteiger charge is 2.67. The van der Waals surface area contributed by atoms with E-state index in [9.17, 15) is 0 Å². The smallest absolute Gasteiger partial charge is 0.241 e. The van der Waals surface area contributed by atoms with Gasteiger partial charge < -0.3 is 4.43 Å². The van der Waals surface area contributed by atoms with Gasteiger partial charge in [0.25, 0.3) is 0 Å². The van der Waals surface area contributed by atoms with E-state index in [1.54, 1.807) is 5.38 Å². The van der Waals surface area contributed by atoms with Crippen LogP contribution in [0.1, 0.15) is 13.8 Å². The van der Waals surface area contributed by atoms with Crippen molar-refractivity contribution in [1.29, 1.82) is 0 Å². The third kappa shape index (κ3) is 7.16. The molecule has 0 saturated carbocycles. The quantitative estimate of drug-likeness (QED) is 0.186. The lowest BCUT2D eigenvalue weighted by Gasteiger charge is -2.64. The molecule has 0 N–H and O–H groups in total. The molecular weight excluding hydrogens is 517 g/mol. The Hall–Kier alpha value is 1.28. The monoisotopic (exact) mass is 577 g/mol.